The molecule has 2 saturated heterocycles. The number of hydrogen-bond acceptors (Lipinski definition) is 3. The van der Waals surface area contributed by atoms with Crippen molar-refractivity contribution in [2.24, 2.45) is 11.7 Å². The van der Waals surface area contributed by atoms with Crippen LogP contribution in [0.1, 0.15) is 39.0 Å². The molecule has 2 aliphatic rings. The summed E-state index contributed by atoms with van der Waals surface area (Å²) in [6, 6.07) is 0.260. The summed E-state index contributed by atoms with van der Waals surface area (Å²) >= 11 is 0. The highest BCUT2D eigenvalue weighted by atomic mass is 16.5. The molecule has 2 N–H and O–H groups in total. The zero-order chi connectivity index (χ0) is 12.3. The van der Waals surface area contributed by atoms with Crippen molar-refractivity contribution in [3.63, 3.8) is 0 Å². The first kappa shape index (κ1) is 12.8. The molecule has 0 spiro atoms. The zero-order valence-corrected chi connectivity index (χ0v) is 10.7. The van der Waals surface area contributed by atoms with E-state index in [4.69, 9.17) is 10.5 Å². The van der Waals surface area contributed by atoms with Crippen LogP contribution in [-0.4, -0.2) is 42.6 Å². The molecule has 3 atom stereocenters. The normalized spacial score (nSPS) is 34.7. The summed E-state index contributed by atoms with van der Waals surface area (Å²) < 4.78 is 5.57. The molecule has 0 aromatic rings. The Kier molecular flexibility index (Phi) is 4.40. The van der Waals surface area contributed by atoms with Gasteiger partial charge in [0.05, 0.1) is 0 Å². The van der Waals surface area contributed by atoms with Crippen LogP contribution in [0.25, 0.3) is 0 Å². The molecule has 0 aromatic carbocycles. The van der Waals surface area contributed by atoms with E-state index in [9.17, 15) is 4.79 Å². The minimum atomic E-state index is -0.185. The molecule has 2 aliphatic heterocycles. The predicted octanol–water partition coefficient (Wildman–Crippen LogP) is 1.14. The Bertz CT molecular complexity index is 264. The lowest BCUT2D eigenvalue weighted by atomic mass is 9.90. The molecule has 4 heteroatoms. The fraction of sp³-hybridized carbons (Fsp3) is 0.923. The summed E-state index contributed by atoms with van der Waals surface area (Å²) in [5.74, 6) is 0.645. The molecule has 0 aromatic heterocycles. The van der Waals surface area contributed by atoms with Crippen LogP contribution in [-0.2, 0) is 9.53 Å². The van der Waals surface area contributed by atoms with Gasteiger partial charge < -0.3 is 15.4 Å². The third-order valence-electron chi connectivity index (χ3n) is 4.08. The van der Waals surface area contributed by atoms with Gasteiger partial charge >= 0.3 is 0 Å². The van der Waals surface area contributed by atoms with Crippen LogP contribution < -0.4 is 5.73 Å². The van der Waals surface area contributed by atoms with Crippen LogP contribution in [0.5, 0.6) is 0 Å². The molecule has 0 saturated carbocycles. The number of likely N-dealkylation sites (tertiary alicyclic amines) is 1. The average molecular weight is 240 g/mol. The maximum Gasteiger partial charge on any atom is 0.251 e. The Morgan fingerprint density at radius 1 is 1.41 bits per heavy atom. The van der Waals surface area contributed by atoms with Crippen molar-refractivity contribution < 1.29 is 9.53 Å². The predicted molar refractivity (Wildman–Crippen MR) is 66.5 cm³/mol. The number of amides is 1. The largest absolute Gasteiger partial charge is 0.368 e. The molecule has 1 amide bonds. The molecular weight excluding hydrogens is 216 g/mol. The number of nitrogens with zero attached hydrogens (tertiary/aromatic N) is 1. The van der Waals surface area contributed by atoms with Gasteiger partial charge in [0.2, 0.25) is 0 Å². The van der Waals surface area contributed by atoms with E-state index in [1.807, 2.05) is 4.90 Å². The smallest absolute Gasteiger partial charge is 0.251 e. The van der Waals surface area contributed by atoms with E-state index in [1.165, 1.54) is 0 Å². The van der Waals surface area contributed by atoms with Crippen molar-refractivity contribution in [3.8, 4) is 0 Å². The quantitative estimate of drug-likeness (QED) is 0.787. The van der Waals surface area contributed by atoms with Crippen molar-refractivity contribution in [2.75, 3.05) is 19.7 Å². The first-order valence-corrected chi connectivity index (χ1v) is 6.88. The van der Waals surface area contributed by atoms with E-state index < -0.39 is 0 Å². The van der Waals surface area contributed by atoms with Gasteiger partial charge in [0.15, 0.2) is 0 Å². The van der Waals surface area contributed by atoms with Crippen LogP contribution in [0.4, 0.5) is 0 Å². The van der Waals surface area contributed by atoms with Gasteiger partial charge in [-0.2, -0.15) is 0 Å². The van der Waals surface area contributed by atoms with Gasteiger partial charge in [-0.3, -0.25) is 4.79 Å². The molecule has 17 heavy (non-hydrogen) atoms. The monoisotopic (exact) mass is 240 g/mol. The number of carbonyl (C=O) groups is 1. The molecular formula is C13H24N2O2. The van der Waals surface area contributed by atoms with E-state index >= 15 is 0 Å². The summed E-state index contributed by atoms with van der Waals surface area (Å²) in [5.41, 5.74) is 6.06. The fourth-order valence-corrected chi connectivity index (χ4v) is 2.82. The van der Waals surface area contributed by atoms with E-state index in [-0.39, 0.29) is 18.1 Å². The molecule has 2 fully saturated rings. The zero-order valence-electron chi connectivity index (χ0n) is 10.7. The number of ether oxygens (including phenoxy) is 1. The summed E-state index contributed by atoms with van der Waals surface area (Å²) in [6.45, 7) is 4.50. The Morgan fingerprint density at radius 3 is 2.88 bits per heavy atom. The van der Waals surface area contributed by atoms with Gasteiger partial charge in [0, 0.05) is 25.7 Å². The van der Waals surface area contributed by atoms with Crippen molar-refractivity contribution in [1.82, 2.24) is 4.90 Å². The van der Waals surface area contributed by atoms with Crippen molar-refractivity contribution >= 4 is 5.91 Å². The van der Waals surface area contributed by atoms with E-state index in [0.29, 0.717) is 5.92 Å². The lowest BCUT2D eigenvalue weighted by molar-refractivity contribution is -0.148. The van der Waals surface area contributed by atoms with Gasteiger partial charge in [-0.25, -0.2) is 0 Å². The molecule has 2 heterocycles. The number of carbonyl (C=O) groups excluding carboxylic acids is 1. The maximum absolute atomic E-state index is 12.3. The molecule has 0 bridgehead atoms. The average Bonchev–Trinajstić information content (AvgIpc) is 2.39. The highest BCUT2D eigenvalue weighted by Crippen LogP contribution is 2.22. The summed E-state index contributed by atoms with van der Waals surface area (Å²) in [5, 5.41) is 0. The van der Waals surface area contributed by atoms with Crippen LogP contribution in [0, 0.1) is 5.92 Å². The standard InChI is InChI=1S/C13H24N2O2/c1-2-10-9-15(7-6-11(10)14)13(16)12-5-3-4-8-17-12/h10-12H,2-9,14H2,1H3. The molecule has 3 unspecified atom stereocenters. The van der Waals surface area contributed by atoms with Gasteiger partial charge in [-0.1, -0.05) is 13.3 Å². The summed E-state index contributed by atoms with van der Waals surface area (Å²) in [6.07, 6.45) is 4.88. The first-order chi connectivity index (χ1) is 8.22. The molecule has 2 rings (SSSR count). The summed E-state index contributed by atoms with van der Waals surface area (Å²) in [7, 11) is 0. The van der Waals surface area contributed by atoms with Crippen LogP contribution in [0.3, 0.4) is 0 Å². The fourth-order valence-electron chi connectivity index (χ4n) is 2.82. The molecule has 0 aliphatic carbocycles. The van der Waals surface area contributed by atoms with Gasteiger partial charge in [-0.05, 0) is 31.6 Å². The number of piperidine rings is 1. The minimum absolute atomic E-state index is 0.185. The van der Waals surface area contributed by atoms with E-state index in [2.05, 4.69) is 6.92 Å². The molecule has 98 valence electrons. The van der Waals surface area contributed by atoms with Crippen LogP contribution in [0.15, 0.2) is 0 Å². The van der Waals surface area contributed by atoms with E-state index in [1.54, 1.807) is 0 Å². The lowest BCUT2D eigenvalue weighted by Gasteiger charge is -2.38. The Balaban J connectivity index is 1.90. The molecule has 0 radical (unpaired) electrons. The Labute approximate surface area is 103 Å². The van der Waals surface area contributed by atoms with Crippen molar-refractivity contribution in [2.45, 2.75) is 51.2 Å². The Hall–Kier alpha value is -0.610. The maximum atomic E-state index is 12.3. The SMILES string of the molecule is CCC1CN(C(=O)C2CCCCO2)CCC1N. The second-order valence-electron chi connectivity index (χ2n) is 5.26. The minimum Gasteiger partial charge on any atom is -0.368 e. The van der Waals surface area contributed by atoms with Crippen molar-refractivity contribution in [3.05, 3.63) is 0 Å². The number of hydrogen-bond donors (Lipinski definition) is 1. The van der Waals surface area contributed by atoms with Crippen LogP contribution >= 0.6 is 0 Å². The topological polar surface area (TPSA) is 55.6 Å². The lowest BCUT2D eigenvalue weighted by Crippen LogP contribution is -2.52. The molecule has 4 nitrogen and oxygen atoms in total. The number of nitrogens with two attached hydrogens (primary N) is 1. The summed E-state index contributed by atoms with van der Waals surface area (Å²) in [4.78, 5) is 14.2. The van der Waals surface area contributed by atoms with E-state index in [0.717, 1.165) is 51.8 Å². The van der Waals surface area contributed by atoms with Gasteiger partial charge in [-0.15, -0.1) is 0 Å². The third-order valence-corrected chi connectivity index (χ3v) is 4.08. The second kappa shape index (κ2) is 5.83. The van der Waals surface area contributed by atoms with Crippen molar-refractivity contribution in [1.29, 1.82) is 0 Å². The van der Waals surface area contributed by atoms with Gasteiger partial charge in [0.1, 0.15) is 6.10 Å². The van der Waals surface area contributed by atoms with Crippen LogP contribution in [0.2, 0.25) is 0 Å². The first-order valence-electron chi connectivity index (χ1n) is 6.88. The highest BCUT2D eigenvalue weighted by Gasteiger charge is 2.32. The Morgan fingerprint density at radius 2 is 2.24 bits per heavy atom. The second-order valence-corrected chi connectivity index (χ2v) is 5.26. The van der Waals surface area contributed by atoms with Gasteiger partial charge in [0.25, 0.3) is 5.91 Å². The highest BCUT2D eigenvalue weighted by molar-refractivity contribution is 5.81. The third kappa shape index (κ3) is 2.99. The number of rotatable bonds is 2.